The fourth-order valence-electron chi connectivity index (χ4n) is 2.73. The van der Waals surface area contributed by atoms with Gasteiger partial charge in [0, 0.05) is 17.5 Å². The molecule has 1 aliphatic carbocycles. The van der Waals surface area contributed by atoms with E-state index in [0.29, 0.717) is 11.7 Å². The van der Waals surface area contributed by atoms with Gasteiger partial charge in [-0.15, -0.1) is 0 Å². The van der Waals surface area contributed by atoms with E-state index in [1.807, 2.05) is 31.2 Å². The van der Waals surface area contributed by atoms with Gasteiger partial charge >= 0.3 is 0 Å². The summed E-state index contributed by atoms with van der Waals surface area (Å²) >= 11 is 7.48. The number of nitrogens with one attached hydrogen (secondary N) is 2. The Kier molecular flexibility index (Phi) is 8.61. The molecule has 0 heterocycles. The molecule has 3 nitrogen and oxygen atoms in total. The second-order valence-electron chi connectivity index (χ2n) is 5.82. The van der Waals surface area contributed by atoms with Gasteiger partial charge in [0.1, 0.15) is 5.75 Å². The molecule has 0 amide bonds. The molecule has 0 unspecified atom stereocenters. The van der Waals surface area contributed by atoms with Gasteiger partial charge in [-0.3, -0.25) is 0 Å². The van der Waals surface area contributed by atoms with Crippen molar-refractivity contribution in [2.45, 2.75) is 50.7 Å². The Morgan fingerprint density at radius 3 is 2.65 bits per heavy atom. The number of anilines is 1. The SMILES string of the molecule is CCOc1ccc(NC(=S)NCCCSC2CCCCC2)cc1. The van der Waals surface area contributed by atoms with E-state index in [4.69, 9.17) is 17.0 Å². The van der Waals surface area contributed by atoms with E-state index in [9.17, 15) is 0 Å². The molecule has 2 rings (SSSR count). The van der Waals surface area contributed by atoms with E-state index < -0.39 is 0 Å². The summed E-state index contributed by atoms with van der Waals surface area (Å²) < 4.78 is 5.43. The Labute approximate surface area is 150 Å². The standard InChI is InChI=1S/C18H28N2OS2/c1-2-21-16-11-9-15(10-12-16)20-18(22)19-13-6-14-23-17-7-4-3-5-8-17/h9-12,17H,2-8,13-14H2,1H3,(H2,19,20,22). The molecule has 1 fully saturated rings. The molecule has 1 saturated carbocycles. The van der Waals surface area contributed by atoms with Gasteiger partial charge in [-0.05, 0) is 68.4 Å². The number of benzene rings is 1. The number of thioether (sulfide) groups is 1. The van der Waals surface area contributed by atoms with Crippen LogP contribution in [0.1, 0.15) is 45.4 Å². The van der Waals surface area contributed by atoms with Crippen LogP contribution in [0.5, 0.6) is 5.75 Å². The molecule has 0 aliphatic heterocycles. The molecule has 128 valence electrons. The van der Waals surface area contributed by atoms with E-state index in [1.165, 1.54) is 37.9 Å². The van der Waals surface area contributed by atoms with Crippen molar-refractivity contribution >= 4 is 34.8 Å². The van der Waals surface area contributed by atoms with Crippen molar-refractivity contribution in [3.05, 3.63) is 24.3 Å². The zero-order chi connectivity index (χ0) is 16.3. The third kappa shape index (κ3) is 7.44. The summed E-state index contributed by atoms with van der Waals surface area (Å²) in [5.41, 5.74) is 0.988. The fraction of sp³-hybridized carbons (Fsp3) is 0.611. The maximum Gasteiger partial charge on any atom is 0.170 e. The number of rotatable bonds is 8. The lowest BCUT2D eigenvalue weighted by Gasteiger charge is -2.20. The third-order valence-electron chi connectivity index (χ3n) is 3.94. The number of hydrogen-bond acceptors (Lipinski definition) is 3. The van der Waals surface area contributed by atoms with E-state index >= 15 is 0 Å². The maximum absolute atomic E-state index is 5.43. The first-order valence-corrected chi connectivity index (χ1v) is 10.1. The Morgan fingerprint density at radius 1 is 1.22 bits per heavy atom. The topological polar surface area (TPSA) is 33.3 Å². The summed E-state index contributed by atoms with van der Waals surface area (Å²) in [6, 6.07) is 7.88. The van der Waals surface area contributed by atoms with E-state index in [2.05, 4.69) is 22.4 Å². The van der Waals surface area contributed by atoms with Crippen LogP contribution in [0.25, 0.3) is 0 Å². The first-order valence-electron chi connectivity index (χ1n) is 8.67. The van der Waals surface area contributed by atoms with Crippen LogP contribution in [0.4, 0.5) is 5.69 Å². The molecule has 0 atom stereocenters. The Morgan fingerprint density at radius 2 is 1.96 bits per heavy atom. The largest absolute Gasteiger partial charge is 0.494 e. The highest BCUT2D eigenvalue weighted by molar-refractivity contribution is 7.99. The Balaban J connectivity index is 1.55. The molecule has 0 saturated heterocycles. The van der Waals surface area contributed by atoms with Crippen LogP contribution >= 0.6 is 24.0 Å². The Hall–Kier alpha value is -0.940. The highest BCUT2D eigenvalue weighted by Gasteiger charge is 2.12. The lowest BCUT2D eigenvalue weighted by atomic mass is 10.0. The van der Waals surface area contributed by atoms with Crippen molar-refractivity contribution in [2.24, 2.45) is 0 Å². The molecule has 1 aliphatic rings. The third-order valence-corrected chi connectivity index (χ3v) is 5.65. The predicted molar refractivity (Wildman–Crippen MR) is 106 cm³/mol. The summed E-state index contributed by atoms with van der Waals surface area (Å²) in [5.74, 6) is 2.11. The van der Waals surface area contributed by atoms with Crippen molar-refractivity contribution in [3.8, 4) is 5.75 Å². The fourth-order valence-corrected chi connectivity index (χ4v) is 4.26. The summed E-state index contributed by atoms with van der Waals surface area (Å²) in [7, 11) is 0. The van der Waals surface area contributed by atoms with Crippen molar-refractivity contribution in [1.29, 1.82) is 0 Å². The average molecular weight is 353 g/mol. The summed E-state index contributed by atoms with van der Waals surface area (Å²) in [6.45, 7) is 3.60. The maximum atomic E-state index is 5.43. The van der Waals surface area contributed by atoms with Crippen LogP contribution in [-0.2, 0) is 0 Å². The van der Waals surface area contributed by atoms with Gasteiger partial charge in [0.05, 0.1) is 6.61 Å². The molecule has 5 heteroatoms. The van der Waals surface area contributed by atoms with Crippen LogP contribution in [0.15, 0.2) is 24.3 Å². The first-order chi connectivity index (χ1) is 11.3. The minimum absolute atomic E-state index is 0.686. The van der Waals surface area contributed by atoms with Crippen molar-refractivity contribution < 1.29 is 4.74 Å². The summed E-state index contributed by atoms with van der Waals surface area (Å²) in [4.78, 5) is 0. The van der Waals surface area contributed by atoms with Crippen LogP contribution in [0.2, 0.25) is 0 Å². The van der Waals surface area contributed by atoms with Crippen LogP contribution in [-0.4, -0.2) is 29.3 Å². The van der Waals surface area contributed by atoms with Gasteiger partial charge in [-0.2, -0.15) is 11.8 Å². The zero-order valence-corrected chi connectivity index (χ0v) is 15.6. The first kappa shape index (κ1) is 18.4. The number of hydrogen-bond donors (Lipinski definition) is 2. The minimum atomic E-state index is 0.686. The molecular weight excluding hydrogens is 324 g/mol. The smallest absolute Gasteiger partial charge is 0.170 e. The van der Waals surface area contributed by atoms with Gasteiger partial charge in [0.2, 0.25) is 0 Å². The average Bonchev–Trinajstić information content (AvgIpc) is 2.57. The molecule has 2 N–H and O–H groups in total. The quantitative estimate of drug-likeness (QED) is 0.517. The summed E-state index contributed by atoms with van der Waals surface area (Å²) in [5, 5.41) is 8.09. The van der Waals surface area contributed by atoms with Crippen molar-refractivity contribution in [2.75, 3.05) is 24.2 Å². The van der Waals surface area contributed by atoms with Crippen LogP contribution in [0, 0.1) is 0 Å². The highest BCUT2D eigenvalue weighted by Crippen LogP contribution is 2.28. The van der Waals surface area contributed by atoms with Gasteiger partial charge in [-0.1, -0.05) is 19.3 Å². The second kappa shape index (κ2) is 10.8. The van der Waals surface area contributed by atoms with Gasteiger partial charge in [0.15, 0.2) is 5.11 Å². The zero-order valence-electron chi connectivity index (χ0n) is 14.0. The normalized spacial score (nSPS) is 15.2. The molecule has 0 aromatic heterocycles. The molecule has 0 bridgehead atoms. The molecule has 23 heavy (non-hydrogen) atoms. The van der Waals surface area contributed by atoms with Crippen LogP contribution < -0.4 is 15.4 Å². The number of thiocarbonyl (C=S) groups is 1. The van der Waals surface area contributed by atoms with Crippen LogP contribution in [0.3, 0.4) is 0 Å². The second-order valence-corrected chi connectivity index (χ2v) is 7.64. The lowest BCUT2D eigenvalue weighted by molar-refractivity contribution is 0.340. The predicted octanol–water partition coefficient (Wildman–Crippen LogP) is 4.83. The molecule has 0 radical (unpaired) electrons. The van der Waals surface area contributed by atoms with E-state index in [0.717, 1.165) is 29.7 Å². The molecule has 0 spiro atoms. The van der Waals surface area contributed by atoms with Gasteiger partial charge in [0.25, 0.3) is 0 Å². The van der Waals surface area contributed by atoms with Crippen molar-refractivity contribution in [1.82, 2.24) is 5.32 Å². The Bertz CT molecular complexity index is 459. The lowest BCUT2D eigenvalue weighted by Crippen LogP contribution is -2.29. The monoisotopic (exact) mass is 352 g/mol. The highest BCUT2D eigenvalue weighted by atomic mass is 32.2. The number of ether oxygens (including phenoxy) is 1. The van der Waals surface area contributed by atoms with E-state index in [-0.39, 0.29) is 0 Å². The molecule has 1 aromatic rings. The van der Waals surface area contributed by atoms with Gasteiger partial charge in [-0.25, -0.2) is 0 Å². The minimum Gasteiger partial charge on any atom is -0.494 e. The summed E-state index contributed by atoms with van der Waals surface area (Å²) in [6.07, 6.45) is 8.26. The van der Waals surface area contributed by atoms with Gasteiger partial charge < -0.3 is 15.4 Å². The van der Waals surface area contributed by atoms with Crippen molar-refractivity contribution in [3.63, 3.8) is 0 Å². The molecular formula is C18H28N2OS2. The molecule has 1 aromatic carbocycles. The van der Waals surface area contributed by atoms with E-state index in [1.54, 1.807) is 0 Å².